The summed E-state index contributed by atoms with van der Waals surface area (Å²) in [4.78, 5) is 17.9. The zero-order valence-electron chi connectivity index (χ0n) is 15.5. The van der Waals surface area contributed by atoms with E-state index in [1.165, 1.54) is 0 Å². The number of para-hydroxylation sites is 1. The quantitative estimate of drug-likeness (QED) is 0.412. The second kappa shape index (κ2) is 8.11. The van der Waals surface area contributed by atoms with Crippen LogP contribution in [-0.4, -0.2) is 16.7 Å². The normalized spacial score (nSPS) is 11.3. The first-order valence-corrected chi connectivity index (χ1v) is 9.62. The first-order chi connectivity index (χ1) is 14.1. The van der Waals surface area contributed by atoms with E-state index in [4.69, 9.17) is 32.9 Å². The van der Waals surface area contributed by atoms with Crippen molar-refractivity contribution in [1.29, 1.82) is 0 Å². The molecule has 4 rings (SSSR count). The van der Waals surface area contributed by atoms with Gasteiger partial charge in [0, 0.05) is 0 Å². The van der Waals surface area contributed by atoms with E-state index in [0.717, 1.165) is 5.56 Å². The summed E-state index contributed by atoms with van der Waals surface area (Å²) in [6, 6.07) is 19.9. The van der Waals surface area contributed by atoms with Gasteiger partial charge in [0.2, 0.25) is 0 Å². The summed E-state index contributed by atoms with van der Waals surface area (Å²) in [5.41, 5.74) is 2.04. The number of benzene rings is 3. The Morgan fingerprint density at radius 3 is 2.41 bits per heavy atom. The highest BCUT2D eigenvalue weighted by molar-refractivity contribution is 6.42. The molecule has 0 saturated carbocycles. The second-order valence-electron chi connectivity index (χ2n) is 6.33. The molecule has 3 aromatic carbocycles. The number of nitrogens with zero attached hydrogens (tertiary/aromatic N) is 2. The molecule has 0 unspecified atom stereocenters. The van der Waals surface area contributed by atoms with Crippen LogP contribution in [-0.2, 0) is 0 Å². The van der Waals surface area contributed by atoms with Crippen molar-refractivity contribution in [1.82, 2.24) is 9.55 Å². The van der Waals surface area contributed by atoms with E-state index in [2.05, 4.69) is 0 Å². The Hall–Kier alpha value is -3.08. The van der Waals surface area contributed by atoms with Gasteiger partial charge < -0.3 is 4.74 Å². The summed E-state index contributed by atoms with van der Waals surface area (Å²) in [5, 5.41) is 1.51. The molecule has 0 aliphatic carbocycles. The molecular formula is C23H16Cl2N2O2. The fourth-order valence-corrected chi connectivity index (χ4v) is 3.34. The minimum absolute atomic E-state index is 0.144. The third-order valence-electron chi connectivity index (χ3n) is 4.50. The fraction of sp³-hybridized carbons (Fsp3) is 0.0435. The molecule has 0 N–H and O–H groups in total. The number of halogens is 2. The molecule has 0 fully saturated rings. The van der Waals surface area contributed by atoms with Crippen LogP contribution in [0.4, 0.5) is 0 Å². The van der Waals surface area contributed by atoms with Crippen LogP contribution in [0.2, 0.25) is 10.0 Å². The first kappa shape index (κ1) is 19.2. The minimum atomic E-state index is -0.144. The van der Waals surface area contributed by atoms with Crippen molar-refractivity contribution in [2.24, 2.45) is 0 Å². The maximum atomic E-state index is 13.2. The molecule has 0 amide bonds. The Morgan fingerprint density at radius 1 is 0.931 bits per heavy atom. The first-order valence-electron chi connectivity index (χ1n) is 8.86. The maximum absolute atomic E-state index is 13.2. The van der Waals surface area contributed by atoms with E-state index in [0.29, 0.717) is 38.2 Å². The van der Waals surface area contributed by atoms with Crippen molar-refractivity contribution in [2.45, 2.75) is 0 Å². The average molecular weight is 423 g/mol. The molecule has 0 atom stereocenters. The van der Waals surface area contributed by atoms with E-state index >= 15 is 0 Å². The van der Waals surface area contributed by atoms with Crippen molar-refractivity contribution in [2.75, 3.05) is 7.11 Å². The molecule has 0 spiro atoms. The van der Waals surface area contributed by atoms with E-state index in [9.17, 15) is 4.79 Å². The number of ether oxygens (including phenoxy) is 1. The zero-order valence-corrected chi connectivity index (χ0v) is 17.0. The second-order valence-corrected chi connectivity index (χ2v) is 7.15. The van der Waals surface area contributed by atoms with Crippen molar-refractivity contribution in [3.63, 3.8) is 0 Å². The molecule has 4 aromatic rings. The van der Waals surface area contributed by atoms with Crippen LogP contribution in [0.5, 0.6) is 5.75 Å². The number of hydrogen-bond acceptors (Lipinski definition) is 3. The van der Waals surface area contributed by atoms with Gasteiger partial charge in [0.25, 0.3) is 5.56 Å². The predicted molar refractivity (Wildman–Crippen MR) is 119 cm³/mol. The molecule has 6 heteroatoms. The number of aromatic nitrogens is 2. The van der Waals surface area contributed by atoms with Crippen LogP contribution in [0.25, 0.3) is 28.7 Å². The summed E-state index contributed by atoms with van der Waals surface area (Å²) in [7, 11) is 1.60. The van der Waals surface area contributed by atoms with E-state index < -0.39 is 0 Å². The summed E-state index contributed by atoms with van der Waals surface area (Å²) in [5.74, 6) is 1.22. The Bertz CT molecular complexity index is 1280. The minimum Gasteiger partial charge on any atom is -0.497 e. The van der Waals surface area contributed by atoms with Crippen LogP contribution < -0.4 is 10.3 Å². The molecule has 29 heavy (non-hydrogen) atoms. The van der Waals surface area contributed by atoms with E-state index in [-0.39, 0.29) is 5.56 Å². The zero-order chi connectivity index (χ0) is 20.4. The fourth-order valence-electron chi connectivity index (χ4n) is 3.03. The predicted octanol–water partition coefficient (Wildman–Crippen LogP) is 5.87. The molecular weight excluding hydrogens is 407 g/mol. The topological polar surface area (TPSA) is 44.1 Å². The molecule has 0 aliphatic heterocycles. The largest absolute Gasteiger partial charge is 0.497 e. The molecule has 1 aromatic heterocycles. The highest BCUT2D eigenvalue weighted by atomic mass is 35.5. The van der Waals surface area contributed by atoms with Crippen LogP contribution >= 0.6 is 23.2 Å². The molecule has 0 aliphatic rings. The van der Waals surface area contributed by atoms with Gasteiger partial charge in [0.15, 0.2) is 0 Å². The van der Waals surface area contributed by atoms with Crippen molar-refractivity contribution >= 4 is 46.3 Å². The standard InChI is InChI=1S/C23H16Cl2N2O2/c1-29-17-10-8-16(9-11-17)27-22(13-7-15-6-12-19(24)20(25)14-15)26-21-5-3-2-4-18(21)23(27)28/h2-14H,1H3/b13-7-. The number of methoxy groups -OCH3 is 1. The smallest absolute Gasteiger partial charge is 0.266 e. The molecule has 144 valence electrons. The van der Waals surface area contributed by atoms with Gasteiger partial charge in [-0.2, -0.15) is 0 Å². The van der Waals surface area contributed by atoms with Gasteiger partial charge in [-0.3, -0.25) is 9.36 Å². The SMILES string of the molecule is COc1ccc(-n2c(/C=C\c3ccc(Cl)c(Cl)c3)nc3ccccc3c2=O)cc1. The van der Waals surface area contributed by atoms with Gasteiger partial charge in [0.1, 0.15) is 11.6 Å². The summed E-state index contributed by atoms with van der Waals surface area (Å²) < 4.78 is 6.80. The molecule has 0 saturated heterocycles. The van der Waals surface area contributed by atoms with Gasteiger partial charge in [-0.1, -0.05) is 47.5 Å². The van der Waals surface area contributed by atoms with Crippen LogP contribution in [0.15, 0.2) is 71.5 Å². The monoisotopic (exact) mass is 422 g/mol. The lowest BCUT2D eigenvalue weighted by Crippen LogP contribution is -2.22. The average Bonchev–Trinajstić information content (AvgIpc) is 2.75. The molecule has 1 heterocycles. The lowest BCUT2D eigenvalue weighted by molar-refractivity contribution is 0.414. The Balaban J connectivity index is 1.89. The van der Waals surface area contributed by atoms with E-state index in [1.54, 1.807) is 36.0 Å². The summed E-state index contributed by atoms with van der Waals surface area (Å²) >= 11 is 12.1. The Morgan fingerprint density at radius 2 is 1.69 bits per heavy atom. The van der Waals surface area contributed by atoms with Crippen LogP contribution in [0.3, 0.4) is 0 Å². The third kappa shape index (κ3) is 3.90. The van der Waals surface area contributed by atoms with Gasteiger partial charge in [-0.25, -0.2) is 4.98 Å². The lowest BCUT2D eigenvalue weighted by Gasteiger charge is -2.12. The molecule has 0 bridgehead atoms. The van der Waals surface area contributed by atoms with Crippen molar-refractivity contribution in [3.8, 4) is 11.4 Å². The third-order valence-corrected chi connectivity index (χ3v) is 5.24. The van der Waals surface area contributed by atoms with Crippen molar-refractivity contribution in [3.05, 3.63) is 98.5 Å². The number of rotatable bonds is 4. The van der Waals surface area contributed by atoms with Gasteiger partial charge >= 0.3 is 0 Å². The van der Waals surface area contributed by atoms with Crippen LogP contribution in [0, 0.1) is 0 Å². The Kier molecular flexibility index (Phi) is 5.38. The van der Waals surface area contributed by atoms with Crippen molar-refractivity contribution < 1.29 is 4.74 Å². The summed E-state index contributed by atoms with van der Waals surface area (Å²) in [6.45, 7) is 0. The Labute approximate surface area is 177 Å². The van der Waals surface area contributed by atoms with Crippen LogP contribution in [0.1, 0.15) is 11.4 Å². The maximum Gasteiger partial charge on any atom is 0.266 e. The number of fused-ring (bicyclic) bond motifs is 1. The number of hydrogen-bond donors (Lipinski definition) is 0. The highest BCUT2D eigenvalue weighted by Gasteiger charge is 2.11. The van der Waals surface area contributed by atoms with Gasteiger partial charge in [-0.15, -0.1) is 0 Å². The van der Waals surface area contributed by atoms with E-state index in [1.807, 2.05) is 54.6 Å². The molecule has 0 radical (unpaired) electrons. The summed E-state index contributed by atoms with van der Waals surface area (Å²) in [6.07, 6.45) is 3.64. The van der Waals surface area contributed by atoms with Gasteiger partial charge in [-0.05, 0) is 60.2 Å². The molecule has 4 nitrogen and oxygen atoms in total. The lowest BCUT2D eigenvalue weighted by atomic mass is 10.2. The van der Waals surface area contributed by atoms with Gasteiger partial charge in [0.05, 0.1) is 33.7 Å². The highest BCUT2D eigenvalue weighted by Crippen LogP contribution is 2.24.